The number of amides is 1. The van der Waals surface area contributed by atoms with Crippen molar-refractivity contribution < 1.29 is 24.5 Å². The largest absolute Gasteiger partial charge is 0.462 e. The zero-order chi connectivity index (χ0) is 42.4. The number of carbonyl (C=O) groups is 2. The molecule has 0 aliphatic carbocycles. The Labute approximate surface area is 358 Å². The lowest BCUT2D eigenvalue weighted by molar-refractivity contribution is -0.151. The first kappa shape index (κ1) is 55.3. The summed E-state index contributed by atoms with van der Waals surface area (Å²) in [5, 5.41) is 23.6. The molecule has 0 fully saturated rings. The van der Waals surface area contributed by atoms with Crippen LogP contribution in [0.2, 0.25) is 0 Å². The van der Waals surface area contributed by atoms with Crippen molar-refractivity contribution in [2.24, 2.45) is 0 Å². The van der Waals surface area contributed by atoms with E-state index in [4.69, 9.17) is 4.74 Å². The number of allylic oxidation sites excluding steroid dienone is 12. The van der Waals surface area contributed by atoms with E-state index in [1.165, 1.54) is 103 Å². The third-order valence-corrected chi connectivity index (χ3v) is 10.6. The SMILES string of the molecule is CC/C=C/C=C/C=C\C=C/CCCC(CC(=O)NC(CO)C(O)CCCCCCCCCCCCC)OC(=O)CCCCCCCCC/C=C\C/C=C\CCCCC. The molecule has 0 radical (unpaired) electrons. The van der Waals surface area contributed by atoms with Gasteiger partial charge in [-0.05, 0) is 70.6 Å². The van der Waals surface area contributed by atoms with Crippen LogP contribution in [0.25, 0.3) is 0 Å². The fraction of sp³-hybridized carbons (Fsp3) is 0.731. The van der Waals surface area contributed by atoms with E-state index in [1.807, 2.05) is 36.5 Å². The van der Waals surface area contributed by atoms with E-state index in [0.717, 1.165) is 70.6 Å². The Hall–Kier alpha value is -2.70. The summed E-state index contributed by atoms with van der Waals surface area (Å²) in [6, 6.07) is -0.725. The second kappa shape index (κ2) is 45.4. The molecule has 0 aromatic heterocycles. The van der Waals surface area contributed by atoms with Gasteiger partial charge in [0.25, 0.3) is 0 Å². The van der Waals surface area contributed by atoms with Crippen LogP contribution in [0.4, 0.5) is 0 Å². The second-order valence-electron chi connectivity index (χ2n) is 16.2. The lowest BCUT2D eigenvalue weighted by Crippen LogP contribution is -2.46. The molecule has 58 heavy (non-hydrogen) atoms. The molecular formula is C52H91NO5. The molecule has 3 atom stereocenters. The topological polar surface area (TPSA) is 95.9 Å². The van der Waals surface area contributed by atoms with Crippen LogP contribution in [0, 0.1) is 0 Å². The standard InChI is InChI=1S/C52H91NO5/c1-4-7-10-13-16-19-22-23-24-25-26-27-30-33-36-39-42-45-52(57)58-48(43-40-37-34-31-28-20-17-14-11-8-5-2)46-51(56)53-49(47-54)50(55)44-41-38-35-32-29-21-18-15-12-9-6-3/h8,11,14,16-17,19-20,23-24,28,31,34,48-50,54-55H,4-7,9-10,12-13,15,18,21-22,25-27,29-30,32-33,35-47H2,1-3H3,(H,53,56)/b11-8+,17-14+,19-16-,24-23-,28-20-,34-31-. The molecule has 1 amide bonds. The predicted octanol–water partition coefficient (Wildman–Crippen LogP) is 14.2. The maximum atomic E-state index is 13.1. The van der Waals surface area contributed by atoms with Crippen LogP contribution in [0.1, 0.15) is 220 Å². The molecule has 334 valence electrons. The number of nitrogens with one attached hydrogen (secondary N) is 1. The van der Waals surface area contributed by atoms with E-state index in [-0.39, 0.29) is 24.9 Å². The molecule has 0 bridgehead atoms. The van der Waals surface area contributed by atoms with Crippen molar-refractivity contribution in [1.29, 1.82) is 0 Å². The quantitative estimate of drug-likeness (QED) is 0.0247. The molecule has 3 N–H and O–H groups in total. The molecular weight excluding hydrogens is 719 g/mol. The molecule has 0 rings (SSSR count). The Morgan fingerprint density at radius 2 is 1.02 bits per heavy atom. The minimum atomic E-state index is -0.807. The van der Waals surface area contributed by atoms with Gasteiger partial charge >= 0.3 is 5.97 Å². The van der Waals surface area contributed by atoms with Crippen molar-refractivity contribution in [2.75, 3.05) is 6.61 Å². The first-order valence-corrected chi connectivity index (χ1v) is 24.2. The number of aliphatic hydroxyl groups excluding tert-OH is 2. The van der Waals surface area contributed by atoms with Crippen LogP contribution in [0.15, 0.2) is 72.9 Å². The van der Waals surface area contributed by atoms with Gasteiger partial charge in [-0.25, -0.2) is 0 Å². The number of unbranched alkanes of at least 4 members (excludes halogenated alkanes) is 21. The molecule has 3 unspecified atom stereocenters. The summed E-state index contributed by atoms with van der Waals surface area (Å²) < 4.78 is 5.87. The van der Waals surface area contributed by atoms with Crippen molar-refractivity contribution in [2.45, 2.75) is 238 Å². The minimum Gasteiger partial charge on any atom is -0.462 e. The number of aliphatic hydroxyl groups is 2. The van der Waals surface area contributed by atoms with E-state index in [9.17, 15) is 19.8 Å². The fourth-order valence-corrected chi connectivity index (χ4v) is 6.95. The van der Waals surface area contributed by atoms with Gasteiger partial charge < -0.3 is 20.3 Å². The highest BCUT2D eigenvalue weighted by atomic mass is 16.5. The van der Waals surface area contributed by atoms with E-state index >= 15 is 0 Å². The van der Waals surface area contributed by atoms with Crippen LogP contribution >= 0.6 is 0 Å². The van der Waals surface area contributed by atoms with E-state index in [2.05, 4.69) is 62.5 Å². The monoisotopic (exact) mass is 810 g/mol. The number of hydrogen-bond donors (Lipinski definition) is 3. The van der Waals surface area contributed by atoms with Crippen molar-refractivity contribution >= 4 is 11.9 Å². The minimum absolute atomic E-state index is 0.0258. The highest BCUT2D eigenvalue weighted by Gasteiger charge is 2.24. The average molecular weight is 810 g/mol. The lowest BCUT2D eigenvalue weighted by Gasteiger charge is -2.24. The molecule has 0 aromatic carbocycles. The molecule has 6 nitrogen and oxygen atoms in total. The van der Waals surface area contributed by atoms with Gasteiger partial charge in [-0.3, -0.25) is 9.59 Å². The number of esters is 1. The van der Waals surface area contributed by atoms with Gasteiger partial charge in [-0.15, -0.1) is 0 Å². The van der Waals surface area contributed by atoms with Gasteiger partial charge in [-0.1, -0.05) is 209 Å². The van der Waals surface area contributed by atoms with E-state index in [0.29, 0.717) is 19.3 Å². The zero-order valence-corrected chi connectivity index (χ0v) is 37.9. The van der Waals surface area contributed by atoms with Gasteiger partial charge in [0.2, 0.25) is 5.91 Å². The Balaban J connectivity index is 4.63. The number of ether oxygens (including phenoxy) is 1. The molecule has 0 spiro atoms. The zero-order valence-electron chi connectivity index (χ0n) is 37.9. The number of rotatable bonds is 42. The van der Waals surface area contributed by atoms with Crippen LogP contribution in [0.5, 0.6) is 0 Å². The van der Waals surface area contributed by atoms with Crippen molar-refractivity contribution in [3.8, 4) is 0 Å². The lowest BCUT2D eigenvalue weighted by atomic mass is 10.0. The summed E-state index contributed by atoms with van der Waals surface area (Å²) in [5.41, 5.74) is 0. The van der Waals surface area contributed by atoms with Crippen molar-refractivity contribution in [3.63, 3.8) is 0 Å². The molecule has 0 saturated heterocycles. The Bertz CT molecular complexity index is 1090. The number of carbonyl (C=O) groups excluding carboxylic acids is 2. The summed E-state index contributed by atoms with van der Waals surface area (Å²) >= 11 is 0. The number of hydrogen-bond acceptors (Lipinski definition) is 5. The molecule has 6 heteroatoms. The van der Waals surface area contributed by atoms with Crippen molar-refractivity contribution in [3.05, 3.63) is 72.9 Å². The third kappa shape index (κ3) is 40.1. The Kier molecular flexibility index (Phi) is 43.3. The predicted molar refractivity (Wildman–Crippen MR) is 250 cm³/mol. The van der Waals surface area contributed by atoms with Gasteiger partial charge in [0.05, 0.1) is 25.2 Å². The average Bonchev–Trinajstić information content (AvgIpc) is 3.22. The van der Waals surface area contributed by atoms with Crippen LogP contribution in [-0.2, 0) is 14.3 Å². The first-order chi connectivity index (χ1) is 28.5. The maximum absolute atomic E-state index is 13.1. The van der Waals surface area contributed by atoms with Gasteiger partial charge in [0, 0.05) is 6.42 Å². The Morgan fingerprint density at radius 1 is 0.534 bits per heavy atom. The molecule has 0 saturated carbocycles. The van der Waals surface area contributed by atoms with Gasteiger partial charge in [0.1, 0.15) is 6.10 Å². The second-order valence-corrected chi connectivity index (χ2v) is 16.2. The normalized spacial score (nSPS) is 13.9. The molecule has 0 aliphatic rings. The van der Waals surface area contributed by atoms with Crippen molar-refractivity contribution in [1.82, 2.24) is 5.32 Å². The first-order valence-electron chi connectivity index (χ1n) is 24.2. The summed E-state index contributed by atoms with van der Waals surface area (Å²) in [6.45, 7) is 6.27. The van der Waals surface area contributed by atoms with E-state index in [1.54, 1.807) is 0 Å². The highest BCUT2D eigenvalue weighted by molar-refractivity contribution is 5.77. The van der Waals surface area contributed by atoms with Crippen LogP contribution in [0.3, 0.4) is 0 Å². The Morgan fingerprint density at radius 3 is 1.60 bits per heavy atom. The fourth-order valence-electron chi connectivity index (χ4n) is 6.95. The summed E-state index contributed by atoms with van der Waals surface area (Å²) in [5.74, 6) is -0.555. The third-order valence-electron chi connectivity index (χ3n) is 10.6. The molecule has 0 aromatic rings. The van der Waals surface area contributed by atoms with Gasteiger partial charge in [0.15, 0.2) is 0 Å². The van der Waals surface area contributed by atoms with Crippen LogP contribution in [-0.4, -0.2) is 46.9 Å². The summed E-state index contributed by atoms with van der Waals surface area (Å²) in [7, 11) is 0. The smallest absolute Gasteiger partial charge is 0.306 e. The van der Waals surface area contributed by atoms with E-state index < -0.39 is 18.2 Å². The summed E-state index contributed by atoms with van der Waals surface area (Å²) in [4.78, 5) is 26.0. The summed E-state index contributed by atoms with van der Waals surface area (Å²) in [6.07, 6.45) is 56.8. The maximum Gasteiger partial charge on any atom is 0.306 e. The van der Waals surface area contributed by atoms with Gasteiger partial charge in [-0.2, -0.15) is 0 Å². The highest BCUT2D eigenvalue weighted by Crippen LogP contribution is 2.16. The molecule has 0 aliphatic heterocycles. The molecule has 0 heterocycles. The van der Waals surface area contributed by atoms with Crippen LogP contribution < -0.4 is 5.32 Å².